The maximum absolute atomic E-state index is 12.2. The van der Waals surface area contributed by atoms with Crippen molar-refractivity contribution in [2.75, 3.05) is 32.0 Å². The van der Waals surface area contributed by atoms with Gasteiger partial charge in [0, 0.05) is 50.1 Å². The quantitative estimate of drug-likeness (QED) is 0.781. The van der Waals surface area contributed by atoms with Gasteiger partial charge in [-0.1, -0.05) is 18.2 Å². The Bertz CT molecular complexity index is 556. The average molecular weight is 348 g/mol. The van der Waals surface area contributed by atoms with Crippen LogP contribution < -0.4 is 10.6 Å². The Kier molecular flexibility index (Phi) is 5.81. The zero-order valence-electron chi connectivity index (χ0n) is 13.0. The molecule has 1 aromatic rings. The summed E-state index contributed by atoms with van der Waals surface area (Å²) in [6.07, 6.45) is -4.88. The minimum atomic E-state index is -4.12. The van der Waals surface area contributed by atoms with E-state index in [9.17, 15) is 13.2 Å². The lowest BCUT2D eigenvalue weighted by molar-refractivity contribution is -0.135. The Morgan fingerprint density at radius 3 is 2.65 bits per heavy atom. The van der Waals surface area contributed by atoms with Gasteiger partial charge in [-0.2, -0.15) is 13.2 Å². The summed E-state index contributed by atoms with van der Waals surface area (Å²) in [5.74, 6) is 0. The molecule has 0 spiro atoms. The third-order valence-corrected chi connectivity index (χ3v) is 4.16. The van der Waals surface area contributed by atoms with E-state index >= 15 is 0 Å². The molecule has 128 valence electrons. The van der Waals surface area contributed by atoms with Crippen LogP contribution in [0.2, 0.25) is 5.02 Å². The highest BCUT2D eigenvalue weighted by Gasteiger charge is 2.26. The highest BCUT2D eigenvalue weighted by atomic mass is 35.5. The smallest absolute Gasteiger partial charge is 0.380 e. The van der Waals surface area contributed by atoms with E-state index in [1.165, 1.54) is 0 Å². The van der Waals surface area contributed by atoms with Crippen molar-refractivity contribution in [2.24, 2.45) is 0 Å². The van der Waals surface area contributed by atoms with Crippen LogP contribution >= 0.6 is 11.6 Å². The molecule has 1 aliphatic rings. The first-order chi connectivity index (χ1) is 10.8. The third-order valence-electron chi connectivity index (χ3n) is 3.85. The van der Waals surface area contributed by atoms with Gasteiger partial charge in [0.05, 0.1) is 11.1 Å². The first kappa shape index (κ1) is 17.9. The van der Waals surface area contributed by atoms with E-state index in [1.807, 2.05) is 18.2 Å². The summed E-state index contributed by atoms with van der Waals surface area (Å²) >= 11 is 6.30. The predicted octanol–water partition coefficient (Wildman–Crippen LogP) is 3.97. The Morgan fingerprint density at radius 2 is 2.13 bits per heavy atom. The summed E-state index contributed by atoms with van der Waals surface area (Å²) < 4.78 is 36.6. The predicted molar refractivity (Wildman–Crippen MR) is 88.7 cm³/mol. The monoisotopic (exact) mass is 347 g/mol. The van der Waals surface area contributed by atoms with Gasteiger partial charge in [-0.3, -0.25) is 0 Å². The second kappa shape index (κ2) is 7.45. The van der Waals surface area contributed by atoms with Gasteiger partial charge in [0.25, 0.3) is 0 Å². The first-order valence-electron chi connectivity index (χ1n) is 7.50. The van der Waals surface area contributed by atoms with Gasteiger partial charge in [-0.05, 0) is 24.6 Å². The van der Waals surface area contributed by atoms with Crippen LogP contribution in [-0.4, -0.2) is 43.8 Å². The molecule has 2 N–H and O–H groups in total. The molecule has 1 saturated heterocycles. The van der Waals surface area contributed by atoms with Crippen molar-refractivity contribution >= 4 is 23.0 Å². The van der Waals surface area contributed by atoms with Crippen LogP contribution in [0, 0.1) is 0 Å². The van der Waals surface area contributed by atoms with Gasteiger partial charge >= 0.3 is 6.18 Å². The topological polar surface area (TPSA) is 27.3 Å². The fourth-order valence-electron chi connectivity index (χ4n) is 2.32. The molecule has 0 bridgehead atoms. The van der Waals surface area contributed by atoms with E-state index in [0.29, 0.717) is 16.8 Å². The van der Waals surface area contributed by atoms with Crippen molar-refractivity contribution < 1.29 is 13.2 Å². The number of halogens is 4. The second-order valence-electron chi connectivity index (χ2n) is 5.78. The van der Waals surface area contributed by atoms with Crippen molar-refractivity contribution in [2.45, 2.75) is 25.1 Å². The van der Waals surface area contributed by atoms with Crippen LogP contribution in [0.15, 0.2) is 24.8 Å². The summed E-state index contributed by atoms with van der Waals surface area (Å²) in [4.78, 5) is 1.70. The Hall–Kier alpha value is -1.40. The van der Waals surface area contributed by atoms with Gasteiger partial charge in [-0.15, -0.1) is 0 Å². The lowest BCUT2D eigenvalue weighted by atomic mass is 10.1. The first-order valence-corrected chi connectivity index (χ1v) is 7.88. The van der Waals surface area contributed by atoms with Crippen LogP contribution in [-0.2, 0) is 0 Å². The molecule has 1 fully saturated rings. The molecule has 1 aliphatic heterocycles. The highest BCUT2D eigenvalue weighted by Crippen LogP contribution is 2.29. The normalized spacial score (nSPS) is 15.2. The SMILES string of the molecule is C=C(c1ccc(NC2CNC2)cc1Cl)N(C)CCCC(F)(F)F. The van der Waals surface area contributed by atoms with Crippen LogP contribution in [0.1, 0.15) is 18.4 Å². The van der Waals surface area contributed by atoms with Crippen molar-refractivity contribution in [1.82, 2.24) is 10.2 Å². The minimum absolute atomic E-state index is 0.0327. The number of anilines is 1. The molecule has 0 unspecified atom stereocenters. The highest BCUT2D eigenvalue weighted by molar-refractivity contribution is 6.32. The molecule has 7 heteroatoms. The Labute approximate surface area is 139 Å². The molecule has 0 aliphatic carbocycles. The number of rotatable bonds is 7. The maximum atomic E-state index is 12.2. The van der Waals surface area contributed by atoms with Gasteiger partial charge in [-0.25, -0.2) is 0 Å². The van der Waals surface area contributed by atoms with Gasteiger partial charge in [0.1, 0.15) is 0 Å². The van der Waals surface area contributed by atoms with E-state index in [0.717, 1.165) is 24.3 Å². The van der Waals surface area contributed by atoms with Crippen LogP contribution in [0.5, 0.6) is 0 Å². The Morgan fingerprint density at radius 1 is 1.43 bits per heavy atom. The van der Waals surface area contributed by atoms with E-state index in [-0.39, 0.29) is 13.0 Å². The molecule has 0 atom stereocenters. The number of hydrogen-bond acceptors (Lipinski definition) is 3. The lowest BCUT2D eigenvalue weighted by Crippen LogP contribution is -2.51. The summed E-state index contributed by atoms with van der Waals surface area (Å²) in [5.41, 5.74) is 2.28. The molecule has 23 heavy (non-hydrogen) atoms. The summed E-state index contributed by atoms with van der Waals surface area (Å²) in [7, 11) is 1.72. The largest absolute Gasteiger partial charge is 0.389 e. The molecule has 1 aromatic carbocycles. The summed E-state index contributed by atoms with van der Waals surface area (Å²) in [5, 5.41) is 7.06. The van der Waals surface area contributed by atoms with Crippen molar-refractivity contribution in [3.63, 3.8) is 0 Å². The lowest BCUT2D eigenvalue weighted by Gasteiger charge is -2.29. The van der Waals surface area contributed by atoms with E-state index in [4.69, 9.17) is 11.6 Å². The fourth-order valence-corrected chi connectivity index (χ4v) is 2.61. The maximum Gasteiger partial charge on any atom is 0.389 e. The zero-order chi connectivity index (χ0) is 17.0. The fraction of sp³-hybridized carbons (Fsp3) is 0.500. The summed E-state index contributed by atoms with van der Waals surface area (Å²) in [6.45, 7) is 6.08. The van der Waals surface area contributed by atoms with E-state index in [2.05, 4.69) is 17.2 Å². The molecule has 0 radical (unpaired) electrons. The number of nitrogens with one attached hydrogen (secondary N) is 2. The van der Waals surface area contributed by atoms with E-state index in [1.54, 1.807) is 11.9 Å². The molecular weight excluding hydrogens is 327 g/mol. The molecule has 0 amide bonds. The van der Waals surface area contributed by atoms with E-state index < -0.39 is 12.6 Å². The van der Waals surface area contributed by atoms with Crippen molar-refractivity contribution in [3.8, 4) is 0 Å². The standard InChI is InChI=1S/C16H21ClF3N3/c1-11(23(2)7-3-6-16(18,19)20)14-5-4-12(8-15(14)17)22-13-9-21-10-13/h4-5,8,13,21-22H,1,3,6-7,9-10H2,2H3. The third kappa shape index (κ3) is 5.32. The second-order valence-corrected chi connectivity index (χ2v) is 6.19. The number of benzene rings is 1. The van der Waals surface area contributed by atoms with Gasteiger partial charge < -0.3 is 15.5 Å². The Balaban J connectivity index is 1.92. The molecule has 0 aromatic heterocycles. The van der Waals surface area contributed by atoms with Crippen molar-refractivity contribution in [1.29, 1.82) is 0 Å². The number of nitrogens with zero attached hydrogens (tertiary/aromatic N) is 1. The minimum Gasteiger partial charge on any atom is -0.380 e. The molecule has 0 saturated carbocycles. The van der Waals surface area contributed by atoms with Crippen LogP contribution in [0.4, 0.5) is 18.9 Å². The zero-order valence-corrected chi connectivity index (χ0v) is 13.8. The molecule has 3 nitrogen and oxygen atoms in total. The molecular formula is C16H21ClF3N3. The summed E-state index contributed by atoms with van der Waals surface area (Å²) in [6, 6.07) is 5.99. The van der Waals surface area contributed by atoms with Crippen LogP contribution in [0.3, 0.4) is 0 Å². The van der Waals surface area contributed by atoms with Crippen molar-refractivity contribution in [3.05, 3.63) is 35.4 Å². The average Bonchev–Trinajstić information content (AvgIpc) is 2.41. The van der Waals surface area contributed by atoms with Gasteiger partial charge in [0.2, 0.25) is 0 Å². The number of alkyl halides is 3. The number of hydrogen-bond donors (Lipinski definition) is 2. The molecule has 2 rings (SSSR count). The van der Waals surface area contributed by atoms with Crippen LogP contribution in [0.25, 0.3) is 5.70 Å². The van der Waals surface area contributed by atoms with Gasteiger partial charge in [0.15, 0.2) is 0 Å². The molecule has 1 heterocycles.